The van der Waals surface area contributed by atoms with E-state index in [-0.39, 0.29) is 18.9 Å². The average molecular weight is 233 g/mol. The normalized spacial score (nSPS) is 11.8. The van der Waals surface area contributed by atoms with Gasteiger partial charge in [-0.25, -0.2) is 13.1 Å². The summed E-state index contributed by atoms with van der Waals surface area (Å²) in [4.78, 5) is 0. The third-order valence-corrected chi connectivity index (χ3v) is 3.31. The number of hydrogen-bond acceptors (Lipinski definition) is 4. The molecular formula is C9H15NO4S. The predicted octanol–water partition coefficient (Wildman–Crippen LogP) is 0.471. The van der Waals surface area contributed by atoms with E-state index >= 15 is 0 Å². The number of sulfonamides is 1. The van der Waals surface area contributed by atoms with E-state index in [9.17, 15) is 8.42 Å². The molecule has 6 heteroatoms. The van der Waals surface area contributed by atoms with Crippen molar-refractivity contribution in [3.8, 4) is 0 Å². The van der Waals surface area contributed by atoms with Crippen molar-refractivity contribution in [3.05, 3.63) is 24.2 Å². The molecule has 0 aromatic carbocycles. The molecule has 0 aliphatic rings. The molecule has 0 spiro atoms. The van der Waals surface area contributed by atoms with Crippen LogP contribution in [0.3, 0.4) is 0 Å². The lowest BCUT2D eigenvalue weighted by Crippen LogP contribution is -2.25. The SMILES string of the molecule is O=S(=O)(CCCCO)NCc1ccoc1. The van der Waals surface area contributed by atoms with E-state index in [1.807, 2.05) is 0 Å². The van der Waals surface area contributed by atoms with Crippen molar-refractivity contribution in [3.63, 3.8) is 0 Å². The minimum Gasteiger partial charge on any atom is -0.472 e. The molecule has 0 saturated heterocycles. The molecule has 5 nitrogen and oxygen atoms in total. The summed E-state index contributed by atoms with van der Waals surface area (Å²) in [6.45, 7) is 0.273. The molecule has 1 heterocycles. The fourth-order valence-electron chi connectivity index (χ4n) is 1.06. The molecule has 86 valence electrons. The van der Waals surface area contributed by atoms with Gasteiger partial charge in [0, 0.05) is 18.7 Å². The van der Waals surface area contributed by atoms with Gasteiger partial charge in [-0.3, -0.25) is 0 Å². The molecule has 0 saturated carbocycles. The van der Waals surface area contributed by atoms with Crippen LogP contribution in [-0.4, -0.2) is 25.9 Å². The van der Waals surface area contributed by atoms with E-state index in [1.165, 1.54) is 12.5 Å². The minimum absolute atomic E-state index is 0.0251. The Kier molecular flexibility index (Phi) is 4.80. The summed E-state index contributed by atoms with van der Waals surface area (Å²) in [5.74, 6) is 0.0470. The topological polar surface area (TPSA) is 79.5 Å². The van der Waals surface area contributed by atoms with E-state index in [0.717, 1.165) is 5.56 Å². The summed E-state index contributed by atoms with van der Waals surface area (Å²) in [5.41, 5.74) is 0.792. The third-order valence-electron chi connectivity index (χ3n) is 1.90. The summed E-state index contributed by atoms with van der Waals surface area (Å²) < 4.78 is 30.0. The van der Waals surface area contributed by atoms with Crippen LogP contribution in [0.2, 0.25) is 0 Å². The van der Waals surface area contributed by atoms with Crippen molar-refractivity contribution < 1.29 is 17.9 Å². The van der Waals surface area contributed by atoms with Gasteiger partial charge in [0.25, 0.3) is 0 Å². The largest absolute Gasteiger partial charge is 0.472 e. The van der Waals surface area contributed by atoms with Crippen LogP contribution in [0.15, 0.2) is 23.0 Å². The number of aliphatic hydroxyl groups excluding tert-OH is 1. The monoisotopic (exact) mass is 233 g/mol. The lowest BCUT2D eigenvalue weighted by atomic mass is 10.4. The van der Waals surface area contributed by atoms with E-state index in [4.69, 9.17) is 9.52 Å². The van der Waals surface area contributed by atoms with Crippen molar-refractivity contribution in [1.82, 2.24) is 4.72 Å². The molecule has 0 atom stereocenters. The van der Waals surface area contributed by atoms with Gasteiger partial charge in [-0.15, -0.1) is 0 Å². The van der Waals surface area contributed by atoms with Crippen molar-refractivity contribution in [1.29, 1.82) is 0 Å². The number of furan rings is 1. The Morgan fingerprint density at radius 3 is 2.80 bits per heavy atom. The molecule has 2 N–H and O–H groups in total. The van der Waals surface area contributed by atoms with Crippen LogP contribution in [0.5, 0.6) is 0 Å². The fraction of sp³-hybridized carbons (Fsp3) is 0.556. The molecule has 0 aliphatic carbocycles. The van der Waals surface area contributed by atoms with Gasteiger partial charge in [0.1, 0.15) is 0 Å². The average Bonchev–Trinajstić information content (AvgIpc) is 2.68. The van der Waals surface area contributed by atoms with E-state index in [2.05, 4.69) is 4.72 Å². The summed E-state index contributed by atoms with van der Waals surface area (Å²) in [6, 6.07) is 1.70. The zero-order chi connectivity index (χ0) is 11.1. The Labute approximate surface area is 89.2 Å². The molecule has 0 aliphatic heterocycles. The van der Waals surface area contributed by atoms with E-state index in [0.29, 0.717) is 12.8 Å². The van der Waals surface area contributed by atoms with Gasteiger partial charge in [-0.2, -0.15) is 0 Å². The van der Waals surface area contributed by atoms with Crippen molar-refractivity contribution in [2.75, 3.05) is 12.4 Å². The fourth-order valence-corrected chi connectivity index (χ4v) is 2.18. The lowest BCUT2D eigenvalue weighted by Gasteiger charge is -2.04. The van der Waals surface area contributed by atoms with Gasteiger partial charge >= 0.3 is 0 Å². The Morgan fingerprint density at radius 2 is 2.20 bits per heavy atom. The van der Waals surface area contributed by atoms with Gasteiger partial charge in [0.15, 0.2) is 0 Å². The summed E-state index contributed by atoms with van der Waals surface area (Å²) in [5, 5.41) is 8.52. The molecule has 0 amide bonds. The first-order chi connectivity index (χ1) is 7.14. The standard InChI is InChI=1S/C9H15NO4S/c11-4-1-2-6-15(12,13)10-7-9-3-5-14-8-9/h3,5,8,10-11H,1-2,4,6-7H2. The highest BCUT2D eigenvalue weighted by Gasteiger charge is 2.09. The molecule has 15 heavy (non-hydrogen) atoms. The van der Waals surface area contributed by atoms with Gasteiger partial charge in [0.2, 0.25) is 10.0 Å². The molecule has 0 radical (unpaired) electrons. The zero-order valence-corrected chi connectivity index (χ0v) is 9.16. The number of hydrogen-bond donors (Lipinski definition) is 2. The smallest absolute Gasteiger partial charge is 0.211 e. The predicted molar refractivity (Wildman–Crippen MR) is 55.7 cm³/mol. The first-order valence-electron chi connectivity index (χ1n) is 4.73. The first kappa shape index (κ1) is 12.2. The maximum Gasteiger partial charge on any atom is 0.211 e. The molecular weight excluding hydrogens is 218 g/mol. The van der Waals surface area contributed by atoms with Crippen molar-refractivity contribution in [2.45, 2.75) is 19.4 Å². The van der Waals surface area contributed by atoms with Crippen molar-refractivity contribution in [2.24, 2.45) is 0 Å². The highest BCUT2D eigenvalue weighted by Crippen LogP contribution is 2.01. The first-order valence-corrected chi connectivity index (χ1v) is 6.38. The van der Waals surface area contributed by atoms with E-state index < -0.39 is 10.0 Å². The minimum atomic E-state index is -3.23. The van der Waals surface area contributed by atoms with Crippen LogP contribution in [-0.2, 0) is 16.6 Å². The Hall–Kier alpha value is -0.850. The van der Waals surface area contributed by atoms with E-state index in [1.54, 1.807) is 6.07 Å². The quantitative estimate of drug-likeness (QED) is 0.671. The molecule has 1 rings (SSSR count). The van der Waals surface area contributed by atoms with Crippen molar-refractivity contribution >= 4 is 10.0 Å². The highest BCUT2D eigenvalue weighted by molar-refractivity contribution is 7.89. The van der Waals surface area contributed by atoms with Gasteiger partial charge in [0.05, 0.1) is 18.3 Å². The Balaban J connectivity index is 2.30. The Morgan fingerprint density at radius 1 is 1.40 bits per heavy atom. The van der Waals surface area contributed by atoms with Crippen LogP contribution in [0.4, 0.5) is 0 Å². The van der Waals surface area contributed by atoms with Gasteiger partial charge in [-0.05, 0) is 18.9 Å². The molecule has 0 unspecified atom stereocenters. The summed E-state index contributed by atoms with van der Waals surface area (Å²) in [6.07, 6.45) is 3.97. The van der Waals surface area contributed by atoms with Crippen LogP contribution < -0.4 is 4.72 Å². The lowest BCUT2D eigenvalue weighted by molar-refractivity contribution is 0.287. The maximum atomic E-state index is 11.4. The molecule has 1 aromatic rings. The Bertz CT molecular complexity index is 357. The second-order valence-corrected chi connectivity index (χ2v) is 5.13. The van der Waals surface area contributed by atoms with Crippen LogP contribution in [0, 0.1) is 0 Å². The third kappa shape index (κ3) is 4.96. The second kappa shape index (κ2) is 5.89. The highest BCUT2D eigenvalue weighted by atomic mass is 32.2. The maximum absolute atomic E-state index is 11.4. The van der Waals surface area contributed by atoms with Crippen LogP contribution in [0.1, 0.15) is 18.4 Å². The molecule has 0 bridgehead atoms. The second-order valence-electron chi connectivity index (χ2n) is 3.20. The number of aliphatic hydroxyl groups is 1. The zero-order valence-electron chi connectivity index (χ0n) is 8.35. The molecule has 0 fully saturated rings. The summed E-state index contributed by atoms with van der Waals surface area (Å²) >= 11 is 0. The number of unbranched alkanes of at least 4 members (excludes halogenated alkanes) is 1. The van der Waals surface area contributed by atoms with Crippen LogP contribution >= 0.6 is 0 Å². The van der Waals surface area contributed by atoms with Gasteiger partial charge in [-0.1, -0.05) is 0 Å². The van der Waals surface area contributed by atoms with Gasteiger partial charge < -0.3 is 9.52 Å². The van der Waals surface area contributed by atoms with Crippen LogP contribution in [0.25, 0.3) is 0 Å². The summed E-state index contributed by atoms with van der Waals surface area (Å²) in [7, 11) is -3.23. The number of nitrogens with one attached hydrogen (secondary N) is 1. The molecule has 1 aromatic heterocycles. The number of rotatable bonds is 7.